The molecule has 24 heavy (non-hydrogen) atoms. The van der Waals surface area contributed by atoms with E-state index in [-0.39, 0.29) is 0 Å². The number of halogens is 3. The smallest absolute Gasteiger partial charge is 0.416 e. The predicted molar refractivity (Wildman–Crippen MR) is 85.9 cm³/mol. The summed E-state index contributed by atoms with van der Waals surface area (Å²) in [5, 5.41) is 10.4. The van der Waals surface area contributed by atoms with E-state index >= 15 is 0 Å². The zero-order valence-corrected chi connectivity index (χ0v) is 13.3. The molecule has 128 valence electrons. The lowest BCUT2D eigenvalue weighted by molar-refractivity contribution is -0.137. The van der Waals surface area contributed by atoms with E-state index in [9.17, 15) is 26.7 Å². The van der Waals surface area contributed by atoms with E-state index in [0.717, 1.165) is 17.0 Å². The van der Waals surface area contributed by atoms with Crippen LogP contribution in [0.4, 0.5) is 18.9 Å². The first-order valence-corrected chi connectivity index (χ1v) is 8.29. The van der Waals surface area contributed by atoms with Crippen LogP contribution < -0.4 is 4.72 Å². The van der Waals surface area contributed by atoms with Crippen LogP contribution >= 0.6 is 0 Å². The van der Waals surface area contributed by atoms with Gasteiger partial charge in [0.15, 0.2) is 0 Å². The molecule has 8 heteroatoms. The second kappa shape index (κ2) is 6.56. The van der Waals surface area contributed by atoms with E-state index in [1.54, 1.807) is 24.3 Å². The third-order valence-corrected chi connectivity index (χ3v) is 4.09. The zero-order valence-electron chi connectivity index (χ0n) is 12.5. The highest BCUT2D eigenvalue weighted by molar-refractivity contribution is 7.95. The minimum absolute atomic E-state index is 0.534. The Hall–Kier alpha value is -2.48. The summed E-state index contributed by atoms with van der Waals surface area (Å²) < 4.78 is 63.8. The molecule has 0 heterocycles. The first kappa shape index (κ1) is 17.9. The number of phenolic OH excluding ortho intramolecular Hbond substituents is 1. The number of nitrogens with one attached hydrogen (secondary N) is 1. The number of hydrogen-bond acceptors (Lipinski definition) is 3. The predicted octanol–water partition coefficient (Wildman–Crippen LogP) is 4.13. The molecule has 0 aromatic heterocycles. The molecule has 0 spiro atoms. The summed E-state index contributed by atoms with van der Waals surface area (Å²) in [6.07, 6.45) is -3.35. The van der Waals surface area contributed by atoms with Gasteiger partial charge < -0.3 is 5.11 Å². The molecule has 2 rings (SSSR count). The van der Waals surface area contributed by atoms with Crippen molar-refractivity contribution < 1.29 is 26.7 Å². The van der Waals surface area contributed by atoms with Crippen molar-refractivity contribution in [3.05, 3.63) is 64.6 Å². The highest BCUT2D eigenvalue weighted by atomic mass is 32.2. The lowest BCUT2D eigenvalue weighted by Gasteiger charge is -2.11. The van der Waals surface area contributed by atoms with E-state index in [2.05, 4.69) is 0 Å². The van der Waals surface area contributed by atoms with Crippen LogP contribution in [0.5, 0.6) is 5.75 Å². The Morgan fingerprint density at radius 3 is 2.29 bits per heavy atom. The van der Waals surface area contributed by atoms with Crippen molar-refractivity contribution in [1.29, 1.82) is 0 Å². The van der Waals surface area contributed by atoms with Gasteiger partial charge in [0, 0.05) is 0 Å². The SMILES string of the molecule is Cc1ccc(/C=C/S(=O)(=O)Nc2cc(C(F)(F)F)ccc2O)cc1. The van der Waals surface area contributed by atoms with Crippen LogP contribution in [-0.4, -0.2) is 13.5 Å². The summed E-state index contributed by atoms with van der Waals surface area (Å²) >= 11 is 0. The molecule has 0 saturated heterocycles. The number of phenols is 1. The van der Waals surface area contributed by atoms with Gasteiger partial charge in [-0.2, -0.15) is 13.2 Å². The molecule has 0 fully saturated rings. The molecular formula is C16H14F3NO3S. The van der Waals surface area contributed by atoms with Crippen LogP contribution in [0.1, 0.15) is 16.7 Å². The Bertz CT molecular complexity index is 857. The maximum absolute atomic E-state index is 12.7. The van der Waals surface area contributed by atoms with Crippen LogP contribution in [-0.2, 0) is 16.2 Å². The quantitative estimate of drug-likeness (QED) is 0.809. The molecule has 0 aliphatic heterocycles. The summed E-state index contributed by atoms with van der Waals surface area (Å²) in [5.74, 6) is -0.602. The van der Waals surface area contributed by atoms with Crippen LogP contribution in [0.3, 0.4) is 0 Å². The van der Waals surface area contributed by atoms with Crippen LogP contribution in [0.15, 0.2) is 47.9 Å². The number of sulfonamides is 1. The van der Waals surface area contributed by atoms with E-state index in [0.29, 0.717) is 17.7 Å². The highest BCUT2D eigenvalue weighted by Crippen LogP contribution is 2.34. The maximum Gasteiger partial charge on any atom is 0.416 e. The molecule has 0 amide bonds. The monoisotopic (exact) mass is 357 g/mol. The summed E-state index contributed by atoms with van der Waals surface area (Å²) in [5.41, 5.74) is 0.000143. The Kier molecular flexibility index (Phi) is 4.88. The van der Waals surface area contributed by atoms with Gasteiger partial charge in [0.25, 0.3) is 10.0 Å². The van der Waals surface area contributed by atoms with E-state index in [4.69, 9.17) is 0 Å². The summed E-state index contributed by atoms with van der Waals surface area (Å²) in [4.78, 5) is 0. The number of rotatable bonds is 4. The number of aromatic hydroxyl groups is 1. The first-order valence-electron chi connectivity index (χ1n) is 6.75. The molecule has 0 unspecified atom stereocenters. The molecule has 0 saturated carbocycles. The number of hydrogen-bond donors (Lipinski definition) is 2. The van der Waals surface area contributed by atoms with E-state index in [1.807, 2.05) is 11.6 Å². The van der Waals surface area contributed by atoms with Gasteiger partial charge in [0.2, 0.25) is 0 Å². The average Bonchev–Trinajstić information content (AvgIpc) is 2.48. The van der Waals surface area contributed by atoms with Gasteiger partial charge in [-0.3, -0.25) is 4.72 Å². The number of anilines is 1. The van der Waals surface area contributed by atoms with E-state index in [1.165, 1.54) is 6.08 Å². The van der Waals surface area contributed by atoms with Crippen LogP contribution in [0.25, 0.3) is 6.08 Å². The summed E-state index contributed by atoms with van der Waals surface area (Å²) in [6, 6.07) is 8.95. The minimum Gasteiger partial charge on any atom is -0.506 e. The Balaban J connectivity index is 2.24. The van der Waals surface area contributed by atoms with Crippen molar-refractivity contribution in [2.24, 2.45) is 0 Å². The summed E-state index contributed by atoms with van der Waals surface area (Å²) in [6.45, 7) is 1.88. The van der Waals surface area contributed by atoms with Gasteiger partial charge in [0.05, 0.1) is 16.7 Å². The second-order valence-corrected chi connectivity index (χ2v) is 6.66. The number of benzene rings is 2. The molecule has 2 N–H and O–H groups in total. The van der Waals surface area contributed by atoms with Gasteiger partial charge in [-0.1, -0.05) is 29.8 Å². The Morgan fingerprint density at radius 1 is 1.08 bits per heavy atom. The molecule has 2 aromatic rings. The largest absolute Gasteiger partial charge is 0.506 e. The zero-order chi connectivity index (χ0) is 18.0. The van der Waals surface area contributed by atoms with Crippen molar-refractivity contribution in [2.75, 3.05) is 4.72 Å². The molecule has 0 aliphatic carbocycles. The fourth-order valence-corrected chi connectivity index (χ4v) is 2.70. The minimum atomic E-state index is -4.65. The maximum atomic E-state index is 12.7. The van der Waals surface area contributed by atoms with Crippen LogP contribution in [0, 0.1) is 6.92 Å². The van der Waals surface area contributed by atoms with Gasteiger partial charge in [-0.05, 0) is 36.8 Å². The molecule has 0 bridgehead atoms. The Morgan fingerprint density at radius 2 is 1.71 bits per heavy atom. The van der Waals surface area contributed by atoms with Crippen LogP contribution in [0.2, 0.25) is 0 Å². The highest BCUT2D eigenvalue weighted by Gasteiger charge is 2.31. The fourth-order valence-electron chi connectivity index (χ4n) is 1.83. The lowest BCUT2D eigenvalue weighted by Crippen LogP contribution is -2.11. The lowest BCUT2D eigenvalue weighted by atomic mass is 10.2. The average molecular weight is 357 g/mol. The molecule has 4 nitrogen and oxygen atoms in total. The fraction of sp³-hybridized carbons (Fsp3) is 0.125. The van der Waals surface area contributed by atoms with Crippen molar-refractivity contribution in [3.8, 4) is 5.75 Å². The standard InChI is InChI=1S/C16H14F3NO3S/c1-11-2-4-12(5-3-11)8-9-24(22,23)20-14-10-13(16(17,18)19)6-7-15(14)21/h2-10,20-21H,1H3/b9-8+. The topological polar surface area (TPSA) is 66.4 Å². The molecule has 0 aliphatic rings. The van der Waals surface area contributed by atoms with Gasteiger partial charge in [0.1, 0.15) is 5.75 Å². The first-order chi connectivity index (χ1) is 11.1. The molecule has 0 radical (unpaired) electrons. The van der Waals surface area contributed by atoms with Gasteiger partial charge in [-0.25, -0.2) is 8.42 Å². The molecule has 2 aromatic carbocycles. The van der Waals surface area contributed by atoms with Crippen molar-refractivity contribution >= 4 is 21.8 Å². The van der Waals surface area contributed by atoms with Gasteiger partial charge in [-0.15, -0.1) is 0 Å². The summed E-state index contributed by atoms with van der Waals surface area (Å²) in [7, 11) is -4.09. The van der Waals surface area contributed by atoms with E-state index < -0.39 is 33.2 Å². The van der Waals surface area contributed by atoms with Crippen molar-refractivity contribution in [3.63, 3.8) is 0 Å². The Labute approximate surface area is 137 Å². The van der Waals surface area contributed by atoms with Gasteiger partial charge >= 0.3 is 6.18 Å². The second-order valence-electron chi connectivity index (χ2n) is 5.09. The molecule has 0 atom stereocenters. The third kappa shape index (κ3) is 4.76. The van der Waals surface area contributed by atoms with Crippen molar-refractivity contribution in [1.82, 2.24) is 0 Å². The van der Waals surface area contributed by atoms with Crippen molar-refractivity contribution in [2.45, 2.75) is 13.1 Å². The number of aryl methyl sites for hydroxylation is 1. The normalized spacial score (nSPS) is 12.5. The molecular weight excluding hydrogens is 343 g/mol. The number of alkyl halides is 3. The third-order valence-electron chi connectivity index (χ3n) is 3.09.